The Morgan fingerprint density at radius 1 is 1.10 bits per heavy atom. The lowest BCUT2D eigenvalue weighted by atomic mass is 10.1. The average molecular weight is 444 g/mol. The summed E-state index contributed by atoms with van der Waals surface area (Å²) in [6.07, 6.45) is 1.09. The Kier molecular flexibility index (Phi) is 7.20. The third kappa shape index (κ3) is 5.63. The number of ether oxygens (including phenoxy) is 2. The summed E-state index contributed by atoms with van der Waals surface area (Å²) in [5.74, 6) is 1.18. The van der Waals surface area contributed by atoms with Gasteiger partial charge in [-0.1, -0.05) is 29.8 Å². The van der Waals surface area contributed by atoms with Crippen LogP contribution in [0.5, 0.6) is 11.5 Å². The zero-order valence-electron chi connectivity index (χ0n) is 18.0. The Bertz CT molecular complexity index is 885. The standard InChI is InChI=1S/C24H30ClN3O3/c1-18(27-8-10-28(11-9-27)20-6-3-2-4-7-20)17-26-23(29)16-19-14-21(25)24-22(15-19)30-12-5-13-31-24/h2-4,6-7,14-15,18H,5,8-13,16-17H2,1H3,(H,26,29). The van der Waals surface area contributed by atoms with Crippen molar-refractivity contribution >= 4 is 23.2 Å². The molecule has 2 aromatic carbocycles. The molecule has 31 heavy (non-hydrogen) atoms. The second-order valence-electron chi connectivity index (χ2n) is 8.14. The number of hydrogen-bond acceptors (Lipinski definition) is 5. The minimum atomic E-state index is -0.0136. The predicted molar refractivity (Wildman–Crippen MR) is 123 cm³/mol. The molecule has 2 aromatic rings. The highest BCUT2D eigenvalue weighted by Crippen LogP contribution is 2.38. The summed E-state index contributed by atoms with van der Waals surface area (Å²) in [6.45, 7) is 7.95. The molecule has 1 unspecified atom stereocenters. The van der Waals surface area contributed by atoms with Crippen molar-refractivity contribution in [2.45, 2.75) is 25.8 Å². The molecule has 2 aliphatic rings. The maximum absolute atomic E-state index is 12.5. The second-order valence-corrected chi connectivity index (χ2v) is 8.55. The van der Waals surface area contributed by atoms with Crippen LogP contribution >= 0.6 is 11.6 Å². The zero-order chi connectivity index (χ0) is 21.6. The smallest absolute Gasteiger partial charge is 0.224 e. The summed E-state index contributed by atoms with van der Waals surface area (Å²) in [5.41, 5.74) is 2.10. The van der Waals surface area contributed by atoms with Gasteiger partial charge in [-0.2, -0.15) is 0 Å². The van der Waals surface area contributed by atoms with Crippen molar-refractivity contribution in [1.82, 2.24) is 10.2 Å². The van der Waals surface area contributed by atoms with Crippen molar-refractivity contribution in [1.29, 1.82) is 0 Å². The lowest BCUT2D eigenvalue weighted by molar-refractivity contribution is -0.120. The molecule has 166 valence electrons. The number of nitrogens with one attached hydrogen (secondary N) is 1. The predicted octanol–water partition coefficient (Wildman–Crippen LogP) is 3.37. The quantitative estimate of drug-likeness (QED) is 0.741. The summed E-state index contributed by atoms with van der Waals surface area (Å²) in [4.78, 5) is 17.4. The Morgan fingerprint density at radius 2 is 1.84 bits per heavy atom. The molecule has 0 radical (unpaired) electrons. The fourth-order valence-corrected chi connectivity index (χ4v) is 4.37. The molecule has 7 heteroatoms. The number of benzene rings is 2. The van der Waals surface area contributed by atoms with Crippen molar-refractivity contribution in [2.24, 2.45) is 0 Å². The van der Waals surface area contributed by atoms with Gasteiger partial charge >= 0.3 is 0 Å². The third-order valence-electron chi connectivity index (χ3n) is 5.88. The zero-order valence-corrected chi connectivity index (χ0v) is 18.7. The Balaban J connectivity index is 1.25. The molecule has 1 fully saturated rings. The average Bonchev–Trinajstić information content (AvgIpc) is 3.04. The van der Waals surface area contributed by atoms with E-state index < -0.39 is 0 Å². The number of para-hydroxylation sites is 1. The van der Waals surface area contributed by atoms with E-state index in [4.69, 9.17) is 21.1 Å². The van der Waals surface area contributed by atoms with Gasteiger partial charge in [0, 0.05) is 50.9 Å². The van der Waals surface area contributed by atoms with Gasteiger partial charge in [0.2, 0.25) is 5.91 Å². The number of halogens is 1. The van der Waals surface area contributed by atoms with Crippen LogP contribution in [0.3, 0.4) is 0 Å². The number of anilines is 1. The molecule has 1 saturated heterocycles. The number of piperazine rings is 1. The molecule has 6 nitrogen and oxygen atoms in total. The molecule has 0 saturated carbocycles. The first-order chi connectivity index (χ1) is 15.1. The highest BCUT2D eigenvalue weighted by molar-refractivity contribution is 6.32. The molecule has 1 amide bonds. The van der Waals surface area contributed by atoms with Gasteiger partial charge in [-0.25, -0.2) is 0 Å². The van der Waals surface area contributed by atoms with Crippen LogP contribution in [0.15, 0.2) is 42.5 Å². The van der Waals surface area contributed by atoms with Crippen molar-refractivity contribution in [3.63, 3.8) is 0 Å². The van der Waals surface area contributed by atoms with Crippen molar-refractivity contribution in [3.8, 4) is 11.5 Å². The van der Waals surface area contributed by atoms with Gasteiger partial charge in [-0.3, -0.25) is 9.69 Å². The minimum absolute atomic E-state index is 0.0136. The van der Waals surface area contributed by atoms with Gasteiger partial charge in [-0.15, -0.1) is 0 Å². The molecule has 2 heterocycles. The molecule has 0 aromatic heterocycles. The SMILES string of the molecule is CC(CNC(=O)Cc1cc(Cl)c2c(c1)OCCCO2)N1CCN(c2ccccc2)CC1. The van der Waals surface area contributed by atoms with E-state index in [9.17, 15) is 4.79 Å². The maximum atomic E-state index is 12.5. The number of carbonyl (C=O) groups is 1. The first kappa shape index (κ1) is 21.8. The van der Waals surface area contributed by atoms with Gasteiger partial charge in [-0.05, 0) is 36.8 Å². The molecule has 0 spiro atoms. The first-order valence-corrected chi connectivity index (χ1v) is 11.4. The largest absolute Gasteiger partial charge is 0.489 e. The molecule has 0 bridgehead atoms. The summed E-state index contributed by atoms with van der Waals surface area (Å²) < 4.78 is 11.4. The Labute approximate surface area is 189 Å². The van der Waals surface area contributed by atoms with Crippen LogP contribution in [0.4, 0.5) is 5.69 Å². The lowest BCUT2D eigenvalue weighted by Crippen LogP contribution is -2.52. The van der Waals surface area contributed by atoms with Gasteiger partial charge in [0.1, 0.15) is 0 Å². The number of rotatable bonds is 6. The third-order valence-corrected chi connectivity index (χ3v) is 6.16. The van der Waals surface area contributed by atoms with Crippen LogP contribution < -0.4 is 19.7 Å². The number of carbonyl (C=O) groups excluding carboxylic acids is 1. The van der Waals surface area contributed by atoms with Crippen LogP contribution in [-0.2, 0) is 11.2 Å². The van der Waals surface area contributed by atoms with Crippen LogP contribution in [0.25, 0.3) is 0 Å². The number of fused-ring (bicyclic) bond motifs is 1. The van der Waals surface area contributed by atoms with E-state index in [1.165, 1.54) is 5.69 Å². The van der Waals surface area contributed by atoms with Crippen molar-refractivity contribution in [3.05, 3.63) is 53.1 Å². The van der Waals surface area contributed by atoms with Gasteiger partial charge < -0.3 is 19.7 Å². The molecule has 1 N–H and O–H groups in total. The van der Waals surface area contributed by atoms with E-state index >= 15 is 0 Å². The summed E-state index contributed by atoms with van der Waals surface area (Å²) in [5, 5.41) is 3.57. The number of nitrogens with zero attached hydrogens (tertiary/aromatic N) is 2. The first-order valence-electron chi connectivity index (χ1n) is 11.0. The highest BCUT2D eigenvalue weighted by Gasteiger charge is 2.22. The van der Waals surface area contributed by atoms with Gasteiger partial charge in [0.25, 0.3) is 0 Å². The maximum Gasteiger partial charge on any atom is 0.224 e. The Hall–Kier alpha value is -2.44. The van der Waals surface area contributed by atoms with Crippen LogP contribution in [0.1, 0.15) is 18.9 Å². The van der Waals surface area contributed by atoms with Crippen LogP contribution in [0.2, 0.25) is 5.02 Å². The molecule has 0 aliphatic carbocycles. The monoisotopic (exact) mass is 443 g/mol. The van der Waals surface area contributed by atoms with E-state index in [0.717, 1.165) is 38.2 Å². The summed E-state index contributed by atoms with van der Waals surface area (Å²) >= 11 is 6.34. The minimum Gasteiger partial charge on any atom is -0.489 e. The topological polar surface area (TPSA) is 54.0 Å². The second kappa shape index (κ2) is 10.2. The van der Waals surface area contributed by atoms with Gasteiger partial charge in [0.15, 0.2) is 11.5 Å². The fourth-order valence-electron chi connectivity index (χ4n) is 4.08. The van der Waals surface area contributed by atoms with Crippen LogP contribution in [0, 0.1) is 0 Å². The van der Waals surface area contributed by atoms with Gasteiger partial charge in [0.05, 0.1) is 24.7 Å². The normalized spacial score (nSPS) is 17.7. The lowest BCUT2D eigenvalue weighted by Gasteiger charge is -2.39. The summed E-state index contributed by atoms with van der Waals surface area (Å²) in [6, 6.07) is 14.5. The Morgan fingerprint density at radius 3 is 2.61 bits per heavy atom. The molecule has 1 atom stereocenters. The van der Waals surface area contributed by atoms with E-state index in [-0.39, 0.29) is 18.4 Å². The fraction of sp³-hybridized carbons (Fsp3) is 0.458. The molecular formula is C24H30ClN3O3. The van der Waals surface area contributed by atoms with Crippen molar-refractivity contribution < 1.29 is 14.3 Å². The van der Waals surface area contributed by atoms with E-state index in [1.807, 2.05) is 12.1 Å². The summed E-state index contributed by atoms with van der Waals surface area (Å²) in [7, 11) is 0. The van der Waals surface area contributed by atoms with E-state index in [1.54, 1.807) is 6.07 Å². The molecule has 4 rings (SSSR count). The number of amides is 1. The van der Waals surface area contributed by atoms with E-state index in [0.29, 0.717) is 36.3 Å². The van der Waals surface area contributed by atoms with E-state index in [2.05, 4.69) is 46.3 Å². The van der Waals surface area contributed by atoms with Crippen molar-refractivity contribution in [2.75, 3.05) is 50.8 Å². The number of hydrogen-bond donors (Lipinski definition) is 1. The highest BCUT2D eigenvalue weighted by atomic mass is 35.5. The molecule has 2 aliphatic heterocycles. The van der Waals surface area contributed by atoms with Crippen LogP contribution in [-0.4, -0.2) is 62.8 Å². The molecular weight excluding hydrogens is 414 g/mol.